The first kappa shape index (κ1) is 13.0. The molecule has 1 amide bonds. The highest BCUT2D eigenvalue weighted by Crippen LogP contribution is 2.06. The molecular weight excluding hydrogens is 210 g/mol. The lowest BCUT2D eigenvalue weighted by molar-refractivity contribution is -0.131. The van der Waals surface area contributed by atoms with Gasteiger partial charge in [-0.2, -0.15) is 0 Å². The number of aliphatic hydroxyl groups excluding tert-OH is 1. The fourth-order valence-corrected chi connectivity index (χ4v) is 1.44. The molecule has 3 N–H and O–H groups in total. The average molecular weight is 229 g/mol. The second kappa shape index (κ2) is 6.47. The van der Waals surface area contributed by atoms with Gasteiger partial charge in [0.05, 0.1) is 13.2 Å². The third-order valence-electron chi connectivity index (χ3n) is 2.30. The fourth-order valence-electron chi connectivity index (χ4n) is 1.44. The molecule has 6 nitrogen and oxygen atoms in total. The third kappa shape index (κ3) is 3.48. The minimum absolute atomic E-state index is 0.0655. The Labute approximate surface area is 95.2 Å². The Hall–Kier alpha value is -1.11. The SMILES string of the molecule is CC(C)=C(NNCO)C(=O)N1CCOCC1. The van der Waals surface area contributed by atoms with Gasteiger partial charge in [0, 0.05) is 13.1 Å². The number of hydrogen-bond acceptors (Lipinski definition) is 5. The van der Waals surface area contributed by atoms with Crippen LogP contribution in [-0.2, 0) is 9.53 Å². The molecule has 0 aliphatic carbocycles. The maximum atomic E-state index is 12.1. The number of carbonyl (C=O) groups is 1. The van der Waals surface area contributed by atoms with Crippen molar-refractivity contribution in [3.05, 3.63) is 11.3 Å². The van der Waals surface area contributed by atoms with Crippen LogP contribution in [0.2, 0.25) is 0 Å². The van der Waals surface area contributed by atoms with Gasteiger partial charge in [0.25, 0.3) is 5.91 Å². The van der Waals surface area contributed by atoms with Gasteiger partial charge in [-0.15, -0.1) is 0 Å². The van der Waals surface area contributed by atoms with Crippen LogP contribution < -0.4 is 10.9 Å². The molecule has 1 aliphatic rings. The van der Waals surface area contributed by atoms with Crippen molar-refractivity contribution in [1.82, 2.24) is 15.8 Å². The van der Waals surface area contributed by atoms with Crippen LogP contribution in [0.1, 0.15) is 13.8 Å². The van der Waals surface area contributed by atoms with Gasteiger partial charge in [-0.05, 0) is 19.4 Å². The van der Waals surface area contributed by atoms with Crippen LogP contribution in [0.3, 0.4) is 0 Å². The molecule has 1 heterocycles. The van der Waals surface area contributed by atoms with Crippen molar-refractivity contribution in [2.24, 2.45) is 0 Å². The second-order valence-electron chi connectivity index (χ2n) is 3.74. The molecule has 92 valence electrons. The molecule has 16 heavy (non-hydrogen) atoms. The highest BCUT2D eigenvalue weighted by Gasteiger charge is 2.21. The van der Waals surface area contributed by atoms with E-state index in [-0.39, 0.29) is 12.6 Å². The molecule has 0 bridgehead atoms. The van der Waals surface area contributed by atoms with Gasteiger partial charge in [0.15, 0.2) is 0 Å². The van der Waals surface area contributed by atoms with Gasteiger partial charge >= 0.3 is 0 Å². The number of morpholine rings is 1. The molecule has 0 spiro atoms. The van der Waals surface area contributed by atoms with E-state index in [0.717, 1.165) is 5.57 Å². The first-order chi connectivity index (χ1) is 7.66. The summed E-state index contributed by atoms with van der Waals surface area (Å²) in [4.78, 5) is 13.8. The Balaban J connectivity index is 2.63. The molecule has 0 radical (unpaired) electrons. The normalized spacial score (nSPS) is 15.8. The molecule has 0 aromatic heterocycles. The topological polar surface area (TPSA) is 73.8 Å². The summed E-state index contributed by atoms with van der Waals surface area (Å²) < 4.78 is 5.19. The van der Waals surface area contributed by atoms with E-state index < -0.39 is 0 Å². The van der Waals surface area contributed by atoms with Gasteiger partial charge in [-0.25, -0.2) is 5.43 Å². The lowest BCUT2D eigenvalue weighted by Crippen LogP contribution is -2.46. The third-order valence-corrected chi connectivity index (χ3v) is 2.30. The summed E-state index contributed by atoms with van der Waals surface area (Å²) in [5.41, 5.74) is 6.59. The van der Waals surface area contributed by atoms with Gasteiger partial charge < -0.3 is 20.2 Å². The fraction of sp³-hybridized carbons (Fsp3) is 0.700. The Kier molecular flexibility index (Phi) is 5.24. The van der Waals surface area contributed by atoms with Crippen molar-refractivity contribution in [2.75, 3.05) is 33.0 Å². The Bertz CT molecular complexity index is 268. The molecule has 1 rings (SSSR count). The lowest BCUT2D eigenvalue weighted by atomic mass is 10.2. The molecule has 6 heteroatoms. The molecule has 1 aliphatic heterocycles. The summed E-state index contributed by atoms with van der Waals surface area (Å²) in [7, 11) is 0. The van der Waals surface area contributed by atoms with Crippen molar-refractivity contribution in [1.29, 1.82) is 0 Å². The largest absolute Gasteiger partial charge is 0.380 e. The molecule has 0 unspecified atom stereocenters. The Morgan fingerprint density at radius 2 is 2.00 bits per heavy atom. The number of rotatable bonds is 4. The van der Waals surface area contributed by atoms with E-state index in [1.165, 1.54) is 0 Å². The van der Waals surface area contributed by atoms with E-state index in [0.29, 0.717) is 32.0 Å². The van der Waals surface area contributed by atoms with Crippen molar-refractivity contribution < 1.29 is 14.6 Å². The van der Waals surface area contributed by atoms with E-state index in [2.05, 4.69) is 10.9 Å². The summed E-state index contributed by atoms with van der Waals surface area (Å²) in [5, 5.41) is 8.65. The maximum Gasteiger partial charge on any atom is 0.271 e. The van der Waals surface area contributed by atoms with Gasteiger partial charge in [0.2, 0.25) is 0 Å². The molecule has 1 fully saturated rings. The van der Waals surface area contributed by atoms with Crippen LogP contribution in [-0.4, -0.2) is 48.9 Å². The van der Waals surface area contributed by atoms with Gasteiger partial charge in [0.1, 0.15) is 12.4 Å². The predicted molar refractivity (Wildman–Crippen MR) is 59.1 cm³/mol. The summed E-state index contributed by atoms with van der Waals surface area (Å²) >= 11 is 0. The first-order valence-corrected chi connectivity index (χ1v) is 5.31. The summed E-state index contributed by atoms with van der Waals surface area (Å²) in [6, 6.07) is 0. The van der Waals surface area contributed by atoms with Crippen LogP contribution in [0, 0.1) is 0 Å². The van der Waals surface area contributed by atoms with Crippen molar-refractivity contribution >= 4 is 5.91 Å². The lowest BCUT2D eigenvalue weighted by Gasteiger charge is -2.28. The zero-order valence-electron chi connectivity index (χ0n) is 9.75. The van der Waals surface area contributed by atoms with Crippen molar-refractivity contribution in [2.45, 2.75) is 13.8 Å². The van der Waals surface area contributed by atoms with E-state index in [9.17, 15) is 4.79 Å². The number of nitrogens with one attached hydrogen (secondary N) is 2. The number of amides is 1. The Morgan fingerprint density at radius 3 is 2.50 bits per heavy atom. The van der Waals surface area contributed by atoms with Crippen LogP contribution >= 0.6 is 0 Å². The number of allylic oxidation sites excluding steroid dienone is 1. The molecular formula is C10H19N3O3. The van der Waals surface area contributed by atoms with Crippen molar-refractivity contribution in [3.63, 3.8) is 0 Å². The van der Waals surface area contributed by atoms with Crippen LogP contribution in [0.15, 0.2) is 11.3 Å². The van der Waals surface area contributed by atoms with Crippen LogP contribution in [0.25, 0.3) is 0 Å². The summed E-state index contributed by atoms with van der Waals surface area (Å²) in [6.07, 6.45) is 0. The second-order valence-corrected chi connectivity index (χ2v) is 3.74. The van der Waals surface area contributed by atoms with E-state index in [1.807, 2.05) is 13.8 Å². The molecule has 0 saturated carbocycles. The van der Waals surface area contributed by atoms with Crippen LogP contribution in [0.4, 0.5) is 0 Å². The quantitative estimate of drug-likeness (QED) is 0.334. The molecule has 0 atom stereocenters. The first-order valence-electron chi connectivity index (χ1n) is 5.31. The predicted octanol–water partition coefficient (Wildman–Crippen LogP) is -0.817. The van der Waals surface area contributed by atoms with E-state index in [1.54, 1.807) is 4.90 Å². The number of hydrazine groups is 1. The molecule has 0 aromatic rings. The number of carbonyl (C=O) groups excluding carboxylic acids is 1. The number of nitrogens with zero attached hydrogens (tertiary/aromatic N) is 1. The highest BCUT2D eigenvalue weighted by atomic mass is 16.5. The summed E-state index contributed by atoms with van der Waals surface area (Å²) in [5.74, 6) is -0.0655. The van der Waals surface area contributed by atoms with E-state index in [4.69, 9.17) is 9.84 Å². The van der Waals surface area contributed by atoms with E-state index >= 15 is 0 Å². The number of ether oxygens (including phenoxy) is 1. The number of aliphatic hydroxyl groups is 1. The standard InChI is InChI=1S/C10H19N3O3/c1-8(2)9(12-11-7-14)10(15)13-3-5-16-6-4-13/h11-12,14H,3-7H2,1-2H3. The zero-order chi connectivity index (χ0) is 12.0. The zero-order valence-corrected chi connectivity index (χ0v) is 9.75. The Morgan fingerprint density at radius 1 is 1.38 bits per heavy atom. The minimum atomic E-state index is -0.229. The van der Waals surface area contributed by atoms with Crippen LogP contribution in [0.5, 0.6) is 0 Å². The molecule has 1 saturated heterocycles. The monoisotopic (exact) mass is 229 g/mol. The van der Waals surface area contributed by atoms with Gasteiger partial charge in [-0.3, -0.25) is 4.79 Å². The maximum absolute atomic E-state index is 12.1. The average Bonchev–Trinajstić information content (AvgIpc) is 2.30. The minimum Gasteiger partial charge on any atom is -0.380 e. The molecule has 0 aromatic carbocycles. The van der Waals surface area contributed by atoms with Crippen molar-refractivity contribution in [3.8, 4) is 0 Å². The smallest absolute Gasteiger partial charge is 0.271 e. The van der Waals surface area contributed by atoms with Gasteiger partial charge in [-0.1, -0.05) is 0 Å². The highest BCUT2D eigenvalue weighted by molar-refractivity contribution is 5.93. The number of hydrogen-bond donors (Lipinski definition) is 3. The summed E-state index contributed by atoms with van der Waals surface area (Å²) in [6.45, 7) is 5.84.